The normalized spacial score (nSPS) is 9.36. The van der Waals surface area contributed by atoms with Gasteiger partial charge in [0.15, 0.2) is 0 Å². The Morgan fingerprint density at radius 3 is 1.50 bits per heavy atom. The number of ether oxygens (including phenoxy) is 2. The minimum atomic E-state index is 0.767. The third-order valence-electron chi connectivity index (χ3n) is 2.88. The SMILES string of the molecule is COc1ccccc1C#C/C=C\C#Cc1ccccc1OC. The van der Waals surface area contributed by atoms with Gasteiger partial charge in [-0.05, 0) is 36.4 Å². The molecule has 0 amide bonds. The Morgan fingerprint density at radius 2 is 1.09 bits per heavy atom. The zero-order valence-corrected chi connectivity index (χ0v) is 12.6. The molecule has 2 heteroatoms. The average molecular weight is 288 g/mol. The standard InChI is InChI=1S/C20H16O2/c1-21-19-15-9-7-13-17(19)11-5-3-4-6-12-18-14-8-10-16-20(18)22-2/h3-4,7-10,13-16H,1-2H3/b4-3-. The van der Waals surface area contributed by atoms with Gasteiger partial charge in [0.05, 0.1) is 25.3 Å². The van der Waals surface area contributed by atoms with Gasteiger partial charge in [0, 0.05) is 0 Å². The Hall–Kier alpha value is -3.10. The number of hydrogen-bond donors (Lipinski definition) is 0. The van der Waals surface area contributed by atoms with Crippen LogP contribution in [0.4, 0.5) is 0 Å². The molecule has 0 bridgehead atoms. The summed E-state index contributed by atoms with van der Waals surface area (Å²) < 4.78 is 10.5. The van der Waals surface area contributed by atoms with Crippen LogP contribution in [0.3, 0.4) is 0 Å². The zero-order valence-electron chi connectivity index (χ0n) is 12.6. The molecule has 0 aliphatic rings. The van der Waals surface area contributed by atoms with Crippen molar-refractivity contribution < 1.29 is 9.47 Å². The second kappa shape index (κ2) is 8.25. The van der Waals surface area contributed by atoms with Crippen molar-refractivity contribution in [1.29, 1.82) is 0 Å². The van der Waals surface area contributed by atoms with E-state index in [2.05, 4.69) is 23.7 Å². The summed E-state index contributed by atoms with van der Waals surface area (Å²) in [5.74, 6) is 13.5. The van der Waals surface area contributed by atoms with E-state index in [1.54, 1.807) is 26.4 Å². The van der Waals surface area contributed by atoms with Gasteiger partial charge in [0.1, 0.15) is 11.5 Å². The third kappa shape index (κ3) is 4.20. The number of hydrogen-bond acceptors (Lipinski definition) is 2. The van der Waals surface area contributed by atoms with Crippen LogP contribution in [0.1, 0.15) is 11.1 Å². The molecule has 0 unspecified atom stereocenters. The van der Waals surface area contributed by atoms with E-state index in [0.29, 0.717) is 0 Å². The van der Waals surface area contributed by atoms with Crippen LogP contribution in [-0.4, -0.2) is 14.2 Å². The molecule has 0 aliphatic heterocycles. The predicted molar refractivity (Wildman–Crippen MR) is 88.9 cm³/mol. The molecule has 2 nitrogen and oxygen atoms in total. The van der Waals surface area contributed by atoms with E-state index < -0.39 is 0 Å². The van der Waals surface area contributed by atoms with E-state index in [1.807, 2.05) is 48.5 Å². The maximum Gasteiger partial charge on any atom is 0.134 e. The van der Waals surface area contributed by atoms with Crippen molar-refractivity contribution >= 4 is 0 Å². The first-order valence-corrected chi connectivity index (χ1v) is 6.79. The summed E-state index contributed by atoms with van der Waals surface area (Å²) in [7, 11) is 3.27. The molecule has 0 spiro atoms. The second-order valence-corrected chi connectivity index (χ2v) is 4.27. The van der Waals surface area contributed by atoms with E-state index in [9.17, 15) is 0 Å². The van der Waals surface area contributed by atoms with Gasteiger partial charge < -0.3 is 9.47 Å². The van der Waals surface area contributed by atoms with Crippen LogP contribution in [0.5, 0.6) is 11.5 Å². The second-order valence-electron chi connectivity index (χ2n) is 4.27. The topological polar surface area (TPSA) is 18.5 Å². The first-order valence-electron chi connectivity index (χ1n) is 6.79. The Balaban J connectivity index is 2.06. The van der Waals surface area contributed by atoms with Crippen molar-refractivity contribution in [2.75, 3.05) is 14.2 Å². The fourth-order valence-corrected chi connectivity index (χ4v) is 1.82. The fourth-order valence-electron chi connectivity index (χ4n) is 1.82. The fraction of sp³-hybridized carbons (Fsp3) is 0.100. The number of methoxy groups -OCH3 is 2. The molecule has 2 aromatic carbocycles. The van der Waals surface area contributed by atoms with Gasteiger partial charge in [-0.2, -0.15) is 0 Å². The van der Waals surface area contributed by atoms with Gasteiger partial charge in [-0.1, -0.05) is 47.9 Å². The summed E-state index contributed by atoms with van der Waals surface area (Å²) in [6, 6.07) is 15.3. The molecule has 0 N–H and O–H groups in total. The molecule has 108 valence electrons. The van der Waals surface area contributed by atoms with Crippen LogP contribution in [0.2, 0.25) is 0 Å². The van der Waals surface area contributed by atoms with E-state index in [1.165, 1.54) is 0 Å². The van der Waals surface area contributed by atoms with Crippen LogP contribution in [-0.2, 0) is 0 Å². The lowest BCUT2D eigenvalue weighted by Crippen LogP contribution is -1.86. The third-order valence-corrected chi connectivity index (χ3v) is 2.88. The molecule has 22 heavy (non-hydrogen) atoms. The molecule has 2 aromatic rings. The van der Waals surface area contributed by atoms with Gasteiger partial charge in [0.2, 0.25) is 0 Å². The van der Waals surface area contributed by atoms with Gasteiger partial charge in [-0.15, -0.1) is 0 Å². The van der Waals surface area contributed by atoms with E-state index in [-0.39, 0.29) is 0 Å². The molecule has 0 heterocycles. The number of rotatable bonds is 2. The molecule has 0 radical (unpaired) electrons. The highest BCUT2D eigenvalue weighted by Crippen LogP contribution is 2.16. The molecule has 0 fully saturated rings. The number of para-hydroxylation sites is 2. The van der Waals surface area contributed by atoms with Gasteiger partial charge in [-0.25, -0.2) is 0 Å². The molecule has 0 saturated heterocycles. The summed E-state index contributed by atoms with van der Waals surface area (Å²) in [6.07, 6.45) is 3.43. The maximum absolute atomic E-state index is 5.24. The van der Waals surface area contributed by atoms with Gasteiger partial charge in [0.25, 0.3) is 0 Å². The van der Waals surface area contributed by atoms with Crippen LogP contribution in [0, 0.1) is 23.7 Å². The minimum Gasteiger partial charge on any atom is -0.495 e. The lowest BCUT2D eigenvalue weighted by Gasteiger charge is -2.00. The van der Waals surface area contributed by atoms with E-state index in [4.69, 9.17) is 9.47 Å². The molecule has 0 atom stereocenters. The van der Waals surface area contributed by atoms with Crippen molar-refractivity contribution in [1.82, 2.24) is 0 Å². The van der Waals surface area contributed by atoms with Crippen molar-refractivity contribution in [2.45, 2.75) is 0 Å². The number of allylic oxidation sites excluding steroid dienone is 2. The smallest absolute Gasteiger partial charge is 0.134 e. The highest BCUT2D eigenvalue weighted by atomic mass is 16.5. The molecular weight excluding hydrogens is 272 g/mol. The van der Waals surface area contributed by atoms with E-state index >= 15 is 0 Å². The zero-order chi connectivity index (χ0) is 15.6. The lowest BCUT2D eigenvalue weighted by atomic mass is 10.2. The molecule has 0 aromatic heterocycles. The first-order chi connectivity index (χ1) is 10.8. The maximum atomic E-state index is 5.24. The molecule has 0 aliphatic carbocycles. The van der Waals surface area contributed by atoms with Crippen LogP contribution < -0.4 is 9.47 Å². The summed E-state index contributed by atoms with van der Waals surface area (Å²) in [4.78, 5) is 0. The number of benzene rings is 2. The molecular formula is C20H16O2. The molecule has 0 saturated carbocycles. The van der Waals surface area contributed by atoms with Gasteiger partial charge >= 0.3 is 0 Å². The summed E-state index contributed by atoms with van der Waals surface area (Å²) in [5, 5.41) is 0. The lowest BCUT2D eigenvalue weighted by molar-refractivity contribution is 0.413. The largest absolute Gasteiger partial charge is 0.495 e. The minimum absolute atomic E-state index is 0.767. The Kier molecular flexibility index (Phi) is 5.73. The Labute approximate surface area is 131 Å². The van der Waals surface area contributed by atoms with Crippen LogP contribution in [0.25, 0.3) is 0 Å². The first kappa shape index (κ1) is 15.3. The summed E-state index contributed by atoms with van der Waals surface area (Å²) >= 11 is 0. The Morgan fingerprint density at radius 1 is 0.682 bits per heavy atom. The van der Waals surface area contributed by atoms with Crippen molar-refractivity contribution in [3.05, 3.63) is 71.8 Å². The highest BCUT2D eigenvalue weighted by Gasteiger charge is 1.96. The van der Waals surface area contributed by atoms with Crippen molar-refractivity contribution in [2.24, 2.45) is 0 Å². The van der Waals surface area contributed by atoms with Crippen LogP contribution >= 0.6 is 0 Å². The quantitative estimate of drug-likeness (QED) is 0.785. The Bertz CT molecular complexity index is 713. The molecule has 2 rings (SSSR count). The van der Waals surface area contributed by atoms with Crippen LogP contribution in [0.15, 0.2) is 60.7 Å². The van der Waals surface area contributed by atoms with E-state index in [0.717, 1.165) is 22.6 Å². The van der Waals surface area contributed by atoms with Crippen molar-refractivity contribution in [3.8, 4) is 35.2 Å². The van der Waals surface area contributed by atoms with Crippen molar-refractivity contribution in [3.63, 3.8) is 0 Å². The summed E-state index contributed by atoms with van der Waals surface area (Å²) in [5.41, 5.74) is 1.71. The average Bonchev–Trinajstić information content (AvgIpc) is 2.58. The van der Waals surface area contributed by atoms with Gasteiger partial charge in [-0.3, -0.25) is 0 Å². The highest BCUT2D eigenvalue weighted by molar-refractivity contribution is 5.49. The summed E-state index contributed by atoms with van der Waals surface area (Å²) in [6.45, 7) is 0. The predicted octanol–water partition coefficient (Wildman–Crippen LogP) is 3.66. The monoisotopic (exact) mass is 288 g/mol.